The molecule has 1 aromatic rings. The van der Waals surface area contributed by atoms with Crippen molar-refractivity contribution >= 4 is 0 Å². The zero-order chi connectivity index (χ0) is 14.1. The minimum absolute atomic E-state index is 0.325. The Balaban J connectivity index is 1.74. The predicted octanol–water partition coefficient (Wildman–Crippen LogP) is 4.19. The second-order valence-electron chi connectivity index (χ2n) is 6.48. The molecule has 0 aromatic heterocycles. The Bertz CT molecular complexity index is 520. The molecule has 2 N–H and O–H groups in total. The summed E-state index contributed by atoms with van der Waals surface area (Å²) in [6.07, 6.45) is 9.41. The van der Waals surface area contributed by atoms with E-state index in [1.54, 1.807) is 0 Å². The first-order valence-electron chi connectivity index (χ1n) is 7.87. The first kappa shape index (κ1) is 13.7. The fraction of sp³-hybridized carbons (Fsp3) is 0.556. The summed E-state index contributed by atoms with van der Waals surface area (Å²) in [7, 11) is 0. The first-order valence-corrected chi connectivity index (χ1v) is 7.87. The lowest BCUT2D eigenvalue weighted by Crippen LogP contribution is -2.26. The van der Waals surface area contributed by atoms with Crippen LogP contribution in [0.25, 0.3) is 0 Å². The Morgan fingerprint density at radius 2 is 2.10 bits per heavy atom. The van der Waals surface area contributed by atoms with Crippen molar-refractivity contribution in [1.82, 2.24) is 5.32 Å². The van der Waals surface area contributed by atoms with Crippen LogP contribution in [-0.2, 0) is 0 Å². The van der Waals surface area contributed by atoms with Crippen molar-refractivity contribution in [2.75, 3.05) is 6.54 Å². The quantitative estimate of drug-likeness (QED) is 0.808. The Hall–Kier alpha value is -1.28. The fourth-order valence-corrected chi connectivity index (χ4v) is 3.88. The molecule has 2 aliphatic carbocycles. The summed E-state index contributed by atoms with van der Waals surface area (Å²) in [5.41, 5.74) is 3.84. The molecule has 3 rings (SSSR count). The highest BCUT2D eigenvalue weighted by molar-refractivity contribution is 5.50. The zero-order valence-corrected chi connectivity index (χ0v) is 12.5. The van der Waals surface area contributed by atoms with E-state index in [4.69, 9.17) is 0 Å². The molecular formula is C18H25NO. The number of rotatable bonds is 3. The van der Waals surface area contributed by atoms with Crippen molar-refractivity contribution in [3.05, 3.63) is 41.0 Å². The monoisotopic (exact) mass is 271 g/mol. The molecule has 0 spiro atoms. The Morgan fingerprint density at radius 1 is 1.25 bits per heavy atom. The van der Waals surface area contributed by atoms with E-state index < -0.39 is 0 Å². The second-order valence-corrected chi connectivity index (χ2v) is 6.48. The van der Waals surface area contributed by atoms with E-state index >= 15 is 0 Å². The third-order valence-electron chi connectivity index (χ3n) is 4.94. The summed E-state index contributed by atoms with van der Waals surface area (Å²) in [5.74, 6) is 1.77. The SMILES string of the molecule is Cc1ccc(O)c2c1C(C)CC2NCC1CC=CCC1. The van der Waals surface area contributed by atoms with Crippen LogP contribution >= 0.6 is 0 Å². The largest absolute Gasteiger partial charge is 0.508 e. The molecule has 0 saturated carbocycles. The van der Waals surface area contributed by atoms with Gasteiger partial charge in [-0.15, -0.1) is 0 Å². The standard InChI is InChI=1S/C18H25NO/c1-12-8-9-16(20)18-15(10-13(2)17(12)18)19-11-14-6-4-3-5-7-14/h3-4,8-9,13-15,19-20H,5-7,10-11H2,1-2H3. The molecule has 20 heavy (non-hydrogen) atoms. The normalized spacial score (nSPS) is 28.6. The summed E-state index contributed by atoms with van der Waals surface area (Å²) in [6.45, 7) is 5.49. The van der Waals surface area contributed by atoms with Gasteiger partial charge in [0.05, 0.1) is 0 Å². The first-order chi connectivity index (χ1) is 9.66. The molecule has 2 nitrogen and oxygen atoms in total. The smallest absolute Gasteiger partial charge is 0.120 e. The second kappa shape index (κ2) is 5.61. The summed E-state index contributed by atoms with van der Waals surface area (Å²) in [5, 5.41) is 13.9. The molecule has 2 heteroatoms. The summed E-state index contributed by atoms with van der Waals surface area (Å²) in [6, 6.07) is 4.22. The number of phenolic OH excluding ortho intramolecular Hbond substituents is 1. The minimum atomic E-state index is 0.325. The van der Waals surface area contributed by atoms with Gasteiger partial charge in [0.2, 0.25) is 0 Å². The molecule has 0 radical (unpaired) electrons. The van der Waals surface area contributed by atoms with Crippen molar-refractivity contribution in [3.8, 4) is 5.75 Å². The number of benzene rings is 1. The summed E-state index contributed by atoms with van der Waals surface area (Å²) in [4.78, 5) is 0. The highest BCUT2D eigenvalue weighted by Crippen LogP contribution is 2.45. The van der Waals surface area contributed by atoms with Gasteiger partial charge in [0, 0.05) is 11.6 Å². The molecule has 0 fully saturated rings. The number of aryl methyl sites for hydroxylation is 1. The molecule has 0 saturated heterocycles. The maximum Gasteiger partial charge on any atom is 0.120 e. The molecule has 0 bridgehead atoms. The number of phenols is 1. The van der Waals surface area contributed by atoms with Gasteiger partial charge in [-0.05, 0) is 68.2 Å². The van der Waals surface area contributed by atoms with Crippen molar-refractivity contribution in [2.24, 2.45) is 5.92 Å². The van der Waals surface area contributed by atoms with Crippen molar-refractivity contribution in [3.63, 3.8) is 0 Å². The van der Waals surface area contributed by atoms with Gasteiger partial charge in [-0.2, -0.15) is 0 Å². The van der Waals surface area contributed by atoms with Crippen molar-refractivity contribution in [2.45, 2.75) is 51.5 Å². The molecule has 3 atom stereocenters. The molecule has 1 aromatic carbocycles. The zero-order valence-electron chi connectivity index (χ0n) is 12.5. The maximum atomic E-state index is 10.2. The van der Waals surface area contributed by atoms with E-state index in [1.807, 2.05) is 12.1 Å². The van der Waals surface area contributed by atoms with E-state index in [9.17, 15) is 5.11 Å². The van der Waals surface area contributed by atoms with Crippen LogP contribution in [0.1, 0.15) is 61.3 Å². The average Bonchev–Trinajstić information content (AvgIpc) is 2.80. The predicted molar refractivity (Wildman–Crippen MR) is 83.1 cm³/mol. The van der Waals surface area contributed by atoms with Gasteiger partial charge in [0.15, 0.2) is 0 Å². The molecule has 0 aliphatic heterocycles. The highest BCUT2D eigenvalue weighted by Gasteiger charge is 2.32. The molecule has 2 aliphatic rings. The maximum absolute atomic E-state index is 10.2. The van der Waals surface area contributed by atoms with Gasteiger partial charge in [0.25, 0.3) is 0 Å². The number of allylic oxidation sites excluding steroid dienone is 2. The van der Waals surface area contributed by atoms with E-state index in [-0.39, 0.29) is 0 Å². The van der Waals surface area contributed by atoms with Gasteiger partial charge in [-0.25, -0.2) is 0 Å². The highest BCUT2D eigenvalue weighted by atomic mass is 16.3. The van der Waals surface area contributed by atoms with Gasteiger partial charge in [-0.1, -0.05) is 25.1 Å². The molecule has 0 amide bonds. The lowest BCUT2D eigenvalue weighted by atomic mass is 9.94. The topological polar surface area (TPSA) is 32.3 Å². The third kappa shape index (κ3) is 2.49. The van der Waals surface area contributed by atoms with E-state index in [0.29, 0.717) is 17.7 Å². The third-order valence-corrected chi connectivity index (χ3v) is 4.94. The van der Waals surface area contributed by atoms with Crippen LogP contribution in [0.4, 0.5) is 0 Å². The number of aromatic hydroxyl groups is 1. The molecule has 108 valence electrons. The molecule has 0 heterocycles. The van der Waals surface area contributed by atoms with Crippen molar-refractivity contribution in [1.29, 1.82) is 0 Å². The Labute approximate surface area is 121 Å². The Morgan fingerprint density at radius 3 is 2.85 bits per heavy atom. The number of nitrogens with one attached hydrogen (secondary N) is 1. The van der Waals surface area contributed by atoms with Crippen LogP contribution in [0.15, 0.2) is 24.3 Å². The van der Waals surface area contributed by atoms with Crippen LogP contribution in [-0.4, -0.2) is 11.7 Å². The van der Waals surface area contributed by atoms with Gasteiger partial charge >= 0.3 is 0 Å². The number of hydrogen-bond donors (Lipinski definition) is 2. The van der Waals surface area contributed by atoms with Gasteiger partial charge in [0.1, 0.15) is 5.75 Å². The number of hydrogen-bond acceptors (Lipinski definition) is 2. The van der Waals surface area contributed by atoms with Crippen molar-refractivity contribution < 1.29 is 5.11 Å². The average molecular weight is 271 g/mol. The van der Waals surface area contributed by atoms with E-state index in [1.165, 1.54) is 30.4 Å². The number of fused-ring (bicyclic) bond motifs is 1. The van der Waals surface area contributed by atoms with Crippen LogP contribution < -0.4 is 5.32 Å². The van der Waals surface area contributed by atoms with Gasteiger partial charge in [-0.3, -0.25) is 0 Å². The van der Waals surface area contributed by atoms with E-state index in [2.05, 4.69) is 31.3 Å². The summed E-state index contributed by atoms with van der Waals surface area (Å²) < 4.78 is 0. The molecule has 3 unspecified atom stereocenters. The lowest BCUT2D eigenvalue weighted by Gasteiger charge is -2.22. The van der Waals surface area contributed by atoms with Crippen LogP contribution in [0, 0.1) is 12.8 Å². The molecular weight excluding hydrogens is 246 g/mol. The summed E-state index contributed by atoms with van der Waals surface area (Å²) >= 11 is 0. The van der Waals surface area contributed by atoms with E-state index in [0.717, 1.165) is 24.4 Å². The van der Waals surface area contributed by atoms with Crippen LogP contribution in [0.2, 0.25) is 0 Å². The van der Waals surface area contributed by atoms with Crippen LogP contribution in [0.3, 0.4) is 0 Å². The van der Waals surface area contributed by atoms with Gasteiger partial charge < -0.3 is 10.4 Å². The lowest BCUT2D eigenvalue weighted by molar-refractivity contribution is 0.390. The Kier molecular flexibility index (Phi) is 3.84. The fourth-order valence-electron chi connectivity index (χ4n) is 3.88. The minimum Gasteiger partial charge on any atom is -0.508 e. The van der Waals surface area contributed by atoms with Crippen LogP contribution in [0.5, 0.6) is 5.75 Å².